The lowest BCUT2D eigenvalue weighted by Gasteiger charge is -2.63. The van der Waals surface area contributed by atoms with Crippen LogP contribution >= 0.6 is 0 Å². The summed E-state index contributed by atoms with van der Waals surface area (Å²) in [5.41, 5.74) is 2.27. The summed E-state index contributed by atoms with van der Waals surface area (Å²) in [5.74, 6) is 1.02. The fourth-order valence-corrected chi connectivity index (χ4v) is 8.86. The first kappa shape index (κ1) is 19.6. The van der Waals surface area contributed by atoms with E-state index in [-0.39, 0.29) is 0 Å². The van der Waals surface area contributed by atoms with Crippen LogP contribution in [0.1, 0.15) is 84.0 Å². The van der Waals surface area contributed by atoms with Gasteiger partial charge in [-0.15, -0.1) is 0 Å². The molecule has 3 aliphatic heterocycles. The maximum Gasteiger partial charge on any atom is 0.0106 e. The van der Waals surface area contributed by atoms with Crippen molar-refractivity contribution in [1.29, 1.82) is 0 Å². The van der Waals surface area contributed by atoms with Gasteiger partial charge in [-0.1, -0.05) is 6.92 Å². The second-order valence-electron chi connectivity index (χ2n) is 13.1. The zero-order valence-electron chi connectivity index (χ0n) is 19.3. The minimum atomic E-state index is 0.729. The third kappa shape index (κ3) is 3.42. The van der Waals surface area contributed by atoms with Gasteiger partial charge in [0, 0.05) is 25.2 Å². The third-order valence-corrected chi connectivity index (χ3v) is 10.9. The summed E-state index contributed by atoms with van der Waals surface area (Å²) in [6.45, 7) is 10.9. The van der Waals surface area contributed by atoms with Crippen molar-refractivity contribution in [2.24, 2.45) is 22.2 Å². The van der Waals surface area contributed by atoms with Gasteiger partial charge >= 0.3 is 0 Å². The van der Waals surface area contributed by atoms with Crippen LogP contribution in [0.3, 0.4) is 0 Å². The summed E-state index contributed by atoms with van der Waals surface area (Å²) in [5, 5.41) is 0. The Morgan fingerprint density at radius 3 is 1.72 bits per heavy atom. The van der Waals surface area contributed by atoms with E-state index in [0.717, 1.165) is 34.2 Å². The monoisotopic (exact) mass is 399 g/mol. The molecule has 0 radical (unpaired) electrons. The van der Waals surface area contributed by atoms with Crippen molar-refractivity contribution in [3.63, 3.8) is 0 Å². The highest BCUT2D eigenvalue weighted by atomic mass is 15.3. The first-order valence-corrected chi connectivity index (χ1v) is 13.1. The lowest BCUT2D eigenvalue weighted by atomic mass is 9.57. The van der Waals surface area contributed by atoms with Gasteiger partial charge in [0.25, 0.3) is 0 Å². The first-order valence-electron chi connectivity index (χ1n) is 13.1. The van der Waals surface area contributed by atoms with E-state index in [4.69, 9.17) is 0 Å². The van der Waals surface area contributed by atoms with E-state index in [9.17, 15) is 0 Å². The van der Waals surface area contributed by atoms with E-state index in [1.54, 1.807) is 0 Å². The van der Waals surface area contributed by atoms with Gasteiger partial charge in [-0.2, -0.15) is 0 Å². The molecule has 29 heavy (non-hydrogen) atoms. The van der Waals surface area contributed by atoms with E-state index in [1.807, 2.05) is 0 Å². The van der Waals surface area contributed by atoms with Gasteiger partial charge in [0.1, 0.15) is 0 Å². The molecule has 0 aromatic heterocycles. The summed E-state index contributed by atoms with van der Waals surface area (Å²) < 4.78 is 0. The maximum atomic E-state index is 2.91. The van der Waals surface area contributed by atoms with E-state index in [0.29, 0.717) is 0 Å². The van der Waals surface area contributed by atoms with E-state index in [1.165, 1.54) is 116 Å². The molecule has 0 atom stereocenters. The maximum absolute atomic E-state index is 2.91. The Hall–Kier alpha value is -0.120. The highest BCUT2D eigenvalue weighted by Crippen LogP contribution is 2.56. The van der Waals surface area contributed by atoms with Gasteiger partial charge in [0.05, 0.1) is 0 Å². The molecule has 0 N–H and O–H groups in total. The second-order valence-corrected chi connectivity index (χ2v) is 13.1. The molecule has 6 fully saturated rings. The molecule has 3 nitrogen and oxygen atoms in total. The number of hydrogen-bond acceptors (Lipinski definition) is 3. The summed E-state index contributed by atoms with van der Waals surface area (Å²) >= 11 is 0. The molecule has 0 amide bonds. The molecular formula is C26H45N3. The summed E-state index contributed by atoms with van der Waals surface area (Å²) in [6.07, 6.45) is 18.1. The zero-order valence-corrected chi connectivity index (χ0v) is 19.3. The van der Waals surface area contributed by atoms with Gasteiger partial charge < -0.3 is 9.80 Å². The molecule has 6 aliphatic rings. The summed E-state index contributed by atoms with van der Waals surface area (Å²) in [4.78, 5) is 8.34. The highest BCUT2D eigenvalue weighted by Gasteiger charge is 2.54. The molecule has 3 heteroatoms. The summed E-state index contributed by atoms with van der Waals surface area (Å²) in [6, 6.07) is 1.88. The van der Waals surface area contributed by atoms with Gasteiger partial charge in [-0.25, -0.2) is 0 Å². The Kier molecular flexibility index (Phi) is 4.68. The van der Waals surface area contributed by atoms with Crippen LogP contribution in [0, 0.1) is 22.2 Å². The van der Waals surface area contributed by atoms with Crippen LogP contribution in [0.5, 0.6) is 0 Å². The molecule has 3 heterocycles. The van der Waals surface area contributed by atoms with Crippen LogP contribution < -0.4 is 0 Å². The minimum absolute atomic E-state index is 0.729. The molecule has 3 saturated carbocycles. The Balaban J connectivity index is 0.934. The molecule has 0 unspecified atom stereocenters. The van der Waals surface area contributed by atoms with Crippen molar-refractivity contribution >= 4 is 0 Å². The van der Waals surface area contributed by atoms with Crippen molar-refractivity contribution in [3.8, 4) is 0 Å². The molecule has 6 rings (SSSR count). The van der Waals surface area contributed by atoms with Crippen LogP contribution in [0.25, 0.3) is 0 Å². The van der Waals surface area contributed by atoms with Crippen molar-refractivity contribution in [2.75, 3.05) is 46.3 Å². The van der Waals surface area contributed by atoms with Crippen molar-refractivity contribution in [2.45, 2.75) is 96.1 Å². The molecule has 3 aliphatic carbocycles. The smallest absolute Gasteiger partial charge is 0.0106 e. The van der Waals surface area contributed by atoms with E-state index in [2.05, 4.69) is 28.7 Å². The lowest BCUT2D eigenvalue weighted by molar-refractivity contribution is -0.128. The third-order valence-electron chi connectivity index (χ3n) is 10.9. The average molecular weight is 400 g/mol. The topological polar surface area (TPSA) is 9.72 Å². The van der Waals surface area contributed by atoms with Crippen LogP contribution in [0.4, 0.5) is 0 Å². The molecule has 3 saturated heterocycles. The number of likely N-dealkylation sites (tertiary alicyclic amines) is 3. The van der Waals surface area contributed by atoms with Crippen LogP contribution in [0.15, 0.2) is 0 Å². The predicted molar refractivity (Wildman–Crippen MR) is 120 cm³/mol. The number of rotatable bonds is 2. The van der Waals surface area contributed by atoms with Gasteiger partial charge in [-0.05, 0) is 132 Å². The standard InChI is InChI=1S/C26H45N3/c1-21-15-24(16-21)9-13-28(14-10-24)22-3-5-26(6-4-22)19-29(20-26)23-17-25(18-23)7-11-27(2)12-8-25/h21-23H,3-20H2,1-2H3. The molecule has 3 spiro atoms. The van der Waals surface area contributed by atoms with Crippen molar-refractivity contribution < 1.29 is 0 Å². The molecular weight excluding hydrogens is 354 g/mol. The Labute approximate surface area is 179 Å². The van der Waals surface area contributed by atoms with Gasteiger partial charge in [-0.3, -0.25) is 4.90 Å². The zero-order chi connectivity index (χ0) is 19.7. The largest absolute Gasteiger partial charge is 0.306 e. The van der Waals surface area contributed by atoms with E-state index < -0.39 is 0 Å². The minimum Gasteiger partial charge on any atom is -0.306 e. The molecule has 0 aromatic carbocycles. The Morgan fingerprint density at radius 2 is 1.14 bits per heavy atom. The summed E-state index contributed by atoms with van der Waals surface area (Å²) in [7, 11) is 2.30. The average Bonchev–Trinajstić information content (AvgIpc) is 2.65. The van der Waals surface area contributed by atoms with E-state index >= 15 is 0 Å². The fourth-order valence-electron chi connectivity index (χ4n) is 8.86. The SMILES string of the molecule is CC1CC2(CCN(C3CCC4(CC3)CN(C3CC5(CCN(C)CC5)C3)C4)CC2)C1. The lowest BCUT2D eigenvalue weighted by Crippen LogP contribution is -2.66. The Bertz CT molecular complexity index is 581. The normalized spacial score (nSPS) is 39.9. The quantitative estimate of drug-likeness (QED) is 0.671. The van der Waals surface area contributed by atoms with Gasteiger partial charge in [0.2, 0.25) is 0 Å². The van der Waals surface area contributed by atoms with Crippen molar-refractivity contribution in [1.82, 2.24) is 14.7 Å². The van der Waals surface area contributed by atoms with Crippen LogP contribution in [-0.4, -0.2) is 73.1 Å². The predicted octanol–water partition coefficient (Wildman–Crippen LogP) is 4.62. The molecule has 0 bridgehead atoms. The van der Waals surface area contributed by atoms with Crippen molar-refractivity contribution in [3.05, 3.63) is 0 Å². The second kappa shape index (κ2) is 6.94. The fraction of sp³-hybridized carbons (Fsp3) is 1.00. The highest BCUT2D eigenvalue weighted by molar-refractivity contribution is 5.08. The van der Waals surface area contributed by atoms with Crippen LogP contribution in [0.2, 0.25) is 0 Å². The number of piperidine rings is 2. The first-order chi connectivity index (χ1) is 14.0. The Morgan fingerprint density at radius 1 is 0.586 bits per heavy atom. The van der Waals surface area contributed by atoms with Gasteiger partial charge in [0.15, 0.2) is 0 Å². The molecule has 0 aromatic rings. The number of hydrogen-bond donors (Lipinski definition) is 0. The molecule has 164 valence electrons. The van der Waals surface area contributed by atoms with Crippen LogP contribution in [-0.2, 0) is 0 Å². The number of nitrogens with zero attached hydrogens (tertiary/aromatic N) is 3.